The van der Waals surface area contributed by atoms with E-state index in [-0.39, 0.29) is 0 Å². The van der Waals surface area contributed by atoms with Crippen molar-refractivity contribution in [2.24, 2.45) is 0 Å². The Kier molecular flexibility index (Phi) is 2.98. The summed E-state index contributed by atoms with van der Waals surface area (Å²) in [5.41, 5.74) is 2.24. The Balaban J connectivity index is 2.24. The van der Waals surface area contributed by atoms with Crippen LogP contribution < -0.4 is 4.74 Å². The van der Waals surface area contributed by atoms with Crippen LogP contribution in [0.1, 0.15) is 0 Å². The zero-order chi connectivity index (χ0) is 10.5. The van der Waals surface area contributed by atoms with Crippen molar-refractivity contribution in [2.45, 2.75) is 0 Å². The number of hydrogen-bond donors (Lipinski definition) is 0. The summed E-state index contributed by atoms with van der Waals surface area (Å²) in [6.07, 6.45) is 0. The van der Waals surface area contributed by atoms with Crippen molar-refractivity contribution < 1.29 is 9.13 Å². The van der Waals surface area contributed by atoms with Crippen molar-refractivity contribution in [1.29, 1.82) is 0 Å². The fourth-order valence-corrected chi connectivity index (χ4v) is 1.44. The van der Waals surface area contributed by atoms with Crippen molar-refractivity contribution in [2.75, 3.05) is 6.86 Å². The van der Waals surface area contributed by atoms with E-state index in [0.717, 1.165) is 11.1 Å². The molecule has 0 fully saturated rings. The van der Waals surface area contributed by atoms with Gasteiger partial charge in [-0.2, -0.15) is 0 Å². The molecular formula is C13H11FO. The maximum atomic E-state index is 11.9. The molecule has 0 spiro atoms. The van der Waals surface area contributed by atoms with Gasteiger partial charge in [-0.25, -0.2) is 4.39 Å². The van der Waals surface area contributed by atoms with Gasteiger partial charge in [0.15, 0.2) is 0 Å². The highest BCUT2D eigenvalue weighted by molar-refractivity contribution is 5.63. The minimum atomic E-state index is -0.787. The number of alkyl halides is 1. The van der Waals surface area contributed by atoms with Gasteiger partial charge in [0.2, 0.25) is 6.86 Å². The largest absolute Gasteiger partial charge is 0.463 e. The van der Waals surface area contributed by atoms with Crippen LogP contribution in [-0.4, -0.2) is 6.86 Å². The molecule has 15 heavy (non-hydrogen) atoms. The number of benzene rings is 2. The van der Waals surface area contributed by atoms with E-state index in [1.165, 1.54) is 0 Å². The van der Waals surface area contributed by atoms with Crippen LogP contribution >= 0.6 is 0 Å². The maximum Gasteiger partial charge on any atom is 0.228 e. The van der Waals surface area contributed by atoms with Gasteiger partial charge < -0.3 is 4.74 Å². The summed E-state index contributed by atoms with van der Waals surface area (Å²) in [7, 11) is 0. The zero-order valence-electron chi connectivity index (χ0n) is 8.19. The highest BCUT2D eigenvalue weighted by Gasteiger charge is 1.97. The monoisotopic (exact) mass is 202 g/mol. The fraction of sp³-hybridized carbons (Fsp3) is 0.0769. The van der Waals surface area contributed by atoms with E-state index in [1.807, 2.05) is 42.5 Å². The Hall–Kier alpha value is -1.83. The van der Waals surface area contributed by atoms with Crippen molar-refractivity contribution in [3.05, 3.63) is 54.6 Å². The third-order valence-corrected chi connectivity index (χ3v) is 2.18. The van der Waals surface area contributed by atoms with Crippen LogP contribution in [0.4, 0.5) is 4.39 Å². The molecule has 0 N–H and O–H groups in total. The first-order chi connectivity index (χ1) is 7.40. The molecule has 2 rings (SSSR count). The van der Waals surface area contributed by atoms with Crippen molar-refractivity contribution in [3.63, 3.8) is 0 Å². The average molecular weight is 202 g/mol. The summed E-state index contributed by atoms with van der Waals surface area (Å²) in [6.45, 7) is -0.787. The second-order valence-electron chi connectivity index (χ2n) is 3.14. The lowest BCUT2D eigenvalue weighted by Crippen LogP contribution is -1.89. The molecule has 0 aliphatic rings. The van der Waals surface area contributed by atoms with Gasteiger partial charge in [-0.05, 0) is 23.3 Å². The van der Waals surface area contributed by atoms with E-state index < -0.39 is 6.86 Å². The highest BCUT2D eigenvalue weighted by atomic mass is 19.1. The Bertz CT molecular complexity index is 408. The summed E-state index contributed by atoms with van der Waals surface area (Å²) in [5.74, 6) is 0.553. The molecule has 0 aromatic heterocycles. The molecule has 0 atom stereocenters. The van der Waals surface area contributed by atoms with Crippen LogP contribution in [0.2, 0.25) is 0 Å². The van der Waals surface area contributed by atoms with E-state index in [0.29, 0.717) is 5.75 Å². The summed E-state index contributed by atoms with van der Waals surface area (Å²) in [4.78, 5) is 0. The lowest BCUT2D eigenvalue weighted by molar-refractivity contribution is 0.192. The predicted octanol–water partition coefficient (Wildman–Crippen LogP) is 3.66. The number of halogens is 1. The van der Waals surface area contributed by atoms with Crippen LogP contribution in [0, 0.1) is 0 Å². The van der Waals surface area contributed by atoms with Gasteiger partial charge in [-0.1, -0.05) is 42.5 Å². The van der Waals surface area contributed by atoms with Gasteiger partial charge in [-0.3, -0.25) is 0 Å². The molecule has 0 saturated heterocycles. The molecule has 0 amide bonds. The number of hydrogen-bond acceptors (Lipinski definition) is 1. The smallest absolute Gasteiger partial charge is 0.228 e. The first-order valence-electron chi connectivity index (χ1n) is 4.74. The van der Waals surface area contributed by atoms with Crippen LogP contribution in [-0.2, 0) is 0 Å². The third kappa shape index (κ3) is 2.34. The molecule has 0 radical (unpaired) electrons. The van der Waals surface area contributed by atoms with Crippen LogP contribution in [0.25, 0.3) is 11.1 Å². The lowest BCUT2D eigenvalue weighted by Gasteiger charge is -2.03. The zero-order valence-corrected chi connectivity index (χ0v) is 8.19. The van der Waals surface area contributed by atoms with E-state index in [1.54, 1.807) is 12.1 Å². The molecule has 2 heteroatoms. The Morgan fingerprint density at radius 3 is 2.00 bits per heavy atom. The second kappa shape index (κ2) is 4.60. The molecule has 76 valence electrons. The molecule has 0 unspecified atom stereocenters. The van der Waals surface area contributed by atoms with Gasteiger partial charge in [0.05, 0.1) is 0 Å². The molecule has 2 aromatic carbocycles. The highest BCUT2D eigenvalue weighted by Crippen LogP contribution is 2.21. The Morgan fingerprint density at radius 1 is 0.800 bits per heavy atom. The Labute approximate surface area is 88.1 Å². The molecule has 0 bridgehead atoms. The van der Waals surface area contributed by atoms with Gasteiger partial charge in [0.25, 0.3) is 0 Å². The minimum absolute atomic E-state index is 0.553. The molecule has 0 heterocycles. The summed E-state index contributed by atoms with van der Waals surface area (Å²) < 4.78 is 16.6. The first kappa shape index (κ1) is 9.71. The Morgan fingerprint density at radius 2 is 1.40 bits per heavy atom. The van der Waals surface area contributed by atoms with Gasteiger partial charge in [-0.15, -0.1) is 0 Å². The average Bonchev–Trinajstić information content (AvgIpc) is 2.32. The summed E-state index contributed by atoms with van der Waals surface area (Å²) in [6, 6.07) is 17.4. The lowest BCUT2D eigenvalue weighted by atomic mass is 10.1. The maximum absolute atomic E-state index is 11.9. The summed E-state index contributed by atoms with van der Waals surface area (Å²) in [5, 5.41) is 0. The van der Waals surface area contributed by atoms with E-state index in [2.05, 4.69) is 0 Å². The normalized spacial score (nSPS) is 9.93. The number of rotatable bonds is 3. The van der Waals surface area contributed by atoms with Gasteiger partial charge >= 0.3 is 0 Å². The van der Waals surface area contributed by atoms with Crippen molar-refractivity contribution in [3.8, 4) is 16.9 Å². The van der Waals surface area contributed by atoms with Crippen LogP contribution in [0.5, 0.6) is 5.75 Å². The van der Waals surface area contributed by atoms with Crippen molar-refractivity contribution in [1.82, 2.24) is 0 Å². The van der Waals surface area contributed by atoms with E-state index in [9.17, 15) is 4.39 Å². The molecule has 2 aromatic rings. The molecule has 0 aliphatic carbocycles. The molecular weight excluding hydrogens is 191 g/mol. The van der Waals surface area contributed by atoms with Gasteiger partial charge in [0, 0.05) is 0 Å². The second-order valence-corrected chi connectivity index (χ2v) is 3.14. The van der Waals surface area contributed by atoms with E-state index in [4.69, 9.17) is 4.74 Å². The van der Waals surface area contributed by atoms with E-state index >= 15 is 0 Å². The van der Waals surface area contributed by atoms with Crippen LogP contribution in [0.15, 0.2) is 54.6 Å². The fourth-order valence-electron chi connectivity index (χ4n) is 1.44. The molecule has 1 nitrogen and oxygen atoms in total. The quantitative estimate of drug-likeness (QED) is 0.738. The standard InChI is InChI=1S/C13H11FO/c14-10-15-13-8-6-12(7-9-13)11-4-2-1-3-5-11/h1-9H,10H2. The predicted molar refractivity (Wildman–Crippen MR) is 58.5 cm³/mol. The van der Waals surface area contributed by atoms with Gasteiger partial charge in [0.1, 0.15) is 5.75 Å². The molecule has 0 aliphatic heterocycles. The molecule has 0 saturated carbocycles. The number of ether oxygens (including phenoxy) is 1. The SMILES string of the molecule is FCOc1ccc(-c2ccccc2)cc1. The third-order valence-electron chi connectivity index (χ3n) is 2.18. The summed E-state index contributed by atoms with van der Waals surface area (Å²) >= 11 is 0. The topological polar surface area (TPSA) is 9.23 Å². The first-order valence-corrected chi connectivity index (χ1v) is 4.74. The van der Waals surface area contributed by atoms with Crippen LogP contribution in [0.3, 0.4) is 0 Å². The van der Waals surface area contributed by atoms with Crippen molar-refractivity contribution >= 4 is 0 Å². The minimum Gasteiger partial charge on any atom is -0.463 e.